The van der Waals surface area contributed by atoms with E-state index >= 15 is 0 Å². The quantitative estimate of drug-likeness (QED) is 0.724. The first-order valence-corrected chi connectivity index (χ1v) is 7.41. The van der Waals surface area contributed by atoms with Crippen LogP contribution in [-0.4, -0.2) is 29.9 Å². The SMILES string of the molecule is CC[C@H](C)Oc1ccc(NC(=O)N[C@H](C)[C@@H](C)CO)cc1. The van der Waals surface area contributed by atoms with E-state index < -0.39 is 0 Å². The number of anilines is 1. The average Bonchev–Trinajstić information content (AvgIpc) is 2.48. The Morgan fingerprint density at radius 1 is 1.24 bits per heavy atom. The third-order valence-electron chi connectivity index (χ3n) is 3.52. The molecule has 21 heavy (non-hydrogen) atoms. The number of urea groups is 1. The van der Waals surface area contributed by atoms with Crippen LogP contribution in [0.15, 0.2) is 24.3 Å². The van der Waals surface area contributed by atoms with Gasteiger partial charge in [-0.3, -0.25) is 0 Å². The number of hydrogen-bond acceptors (Lipinski definition) is 3. The fraction of sp³-hybridized carbons (Fsp3) is 0.562. The van der Waals surface area contributed by atoms with Crippen LogP contribution in [0.3, 0.4) is 0 Å². The first kappa shape index (κ1) is 17.3. The predicted molar refractivity (Wildman–Crippen MR) is 84.7 cm³/mol. The van der Waals surface area contributed by atoms with Crippen molar-refractivity contribution in [2.24, 2.45) is 5.92 Å². The van der Waals surface area contributed by atoms with Gasteiger partial charge in [0.05, 0.1) is 6.10 Å². The molecule has 1 rings (SSSR count). The Morgan fingerprint density at radius 3 is 2.38 bits per heavy atom. The Morgan fingerprint density at radius 2 is 1.86 bits per heavy atom. The van der Waals surface area contributed by atoms with Crippen LogP contribution in [0.4, 0.5) is 10.5 Å². The lowest BCUT2D eigenvalue weighted by atomic mass is 10.1. The van der Waals surface area contributed by atoms with Crippen LogP contribution >= 0.6 is 0 Å². The lowest BCUT2D eigenvalue weighted by molar-refractivity contribution is 0.204. The van der Waals surface area contributed by atoms with Gasteiger partial charge in [-0.2, -0.15) is 0 Å². The van der Waals surface area contributed by atoms with Gasteiger partial charge in [0.25, 0.3) is 0 Å². The second-order valence-electron chi connectivity index (χ2n) is 5.41. The standard InChI is InChI=1S/C16H26N2O3/c1-5-12(3)21-15-8-6-14(7-9-15)18-16(20)17-13(4)11(2)10-19/h6-9,11-13,19H,5,10H2,1-4H3,(H2,17,18,20)/t11-,12-,13+/m0/s1. The molecule has 0 bridgehead atoms. The summed E-state index contributed by atoms with van der Waals surface area (Å²) in [6, 6.07) is 6.90. The molecule has 0 saturated carbocycles. The number of carbonyl (C=O) groups excluding carboxylic acids is 1. The Hall–Kier alpha value is -1.75. The van der Waals surface area contributed by atoms with Crippen molar-refractivity contribution < 1.29 is 14.6 Å². The molecule has 0 saturated heterocycles. The Bertz CT molecular complexity index is 434. The maximum absolute atomic E-state index is 11.8. The topological polar surface area (TPSA) is 70.6 Å². The summed E-state index contributed by atoms with van der Waals surface area (Å²) in [4.78, 5) is 11.8. The van der Waals surface area contributed by atoms with Gasteiger partial charge in [-0.05, 0) is 50.5 Å². The number of aliphatic hydroxyl groups excluding tert-OH is 1. The molecule has 0 aliphatic heterocycles. The highest BCUT2D eigenvalue weighted by Gasteiger charge is 2.13. The fourth-order valence-corrected chi connectivity index (χ4v) is 1.61. The molecular formula is C16H26N2O3. The number of carbonyl (C=O) groups is 1. The first-order valence-electron chi connectivity index (χ1n) is 7.41. The van der Waals surface area contributed by atoms with Crippen molar-refractivity contribution in [2.75, 3.05) is 11.9 Å². The van der Waals surface area contributed by atoms with Gasteiger partial charge in [0.2, 0.25) is 0 Å². The normalized spacial score (nSPS) is 14.9. The fourth-order valence-electron chi connectivity index (χ4n) is 1.61. The van der Waals surface area contributed by atoms with Gasteiger partial charge >= 0.3 is 6.03 Å². The van der Waals surface area contributed by atoms with E-state index in [0.717, 1.165) is 12.2 Å². The van der Waals surface area contributed by atoms with Gasteiger partial charge in [0.15, 0.2) is 0 Å². The number of rotatable bonds is 7. The summed E-state index contributed by atoms with van der Waals surface area (Å²) >= 11 is 0. The molecule has 3 atom stereocenters. The highest BCUT2D eigenvalue weighted by molar-refractivity contribution is 5.89. The average molecular weight is 294 g/mol. The van der Waals surface area contributed by atoms with E-state index in [1.54, 1.807) is 12.1 Å². The van der Waals surface area contributed by atoms with Crippen molar-refractivity contribution >= 4 is 11.7 Å². The molecule has 0 radical (unpaired) electrons. The monoisotopic (exact) mass is 294 g/mol. The third-order valence-corrected chi connectivity index (χ3v) is 3.52. The van der Waals surface area contributed by atoms with Crippen molar-refractivity contribution in [2.45, 2.75) is 46.3 Å². The molecule has 1 aromatic rings. The highest BCUT2D eigenvalue weighted by Crippen LogP contribution is 2.17. The summed E-state index contributed by atoms with van der Waals surface area (Å²) in [5.74, 6) is 0.805. The Labute approximate surface area is 126 Å². The molecule has 0 aliphatic carbocycles. The largest absolute Gasteiger partial charge is 0.491 e. The molecule has 2 amide bonds. The molecule has 3 N–H and O–H groups in total. The number of ether oxygens (including phenoxy) is 1. The maximum atomic E-state index is 11.8. The van der Waals surface area contributed by atoms with Crippen LogP contribution in [0.2, 0.25) is 0 Å². The van der Waals surface area contributed by atoms with Crippen LogP contribution in [0.25, 0.3) is 0 Å². The maximum Gasteiger partial charge on any atom is 0.319 e. The van der Waals surface area contributed by atoms with Crippen molar-refractivity contribution in [3.63, 3.8) is 0 Å². The van der Waals surface area contributed by atoms with Gasteiger partial charge in [-0.25, -0.2) is 4.79 Å². The summed E-state index contributed by atoms with van der Waals surface area (Å²) in [7, 11) is 0. The van der Waals surface area contributed by atoms with Crippen molar-refractivity contribution in [3.8, 4) is 5.75 Å². The molecule has 0 aromatic heterocycles. The van der Waals surface area contributed by atoms with Crippen molar-refractivity contribution in [3.05, 3.63) is 24.3 Å². The van der Waals surface area contributed by atoms with E-state index in [4.69, 9.17) is 9.84 Å². The van der Waals surface area contributed by atoms with Gasteiger partial charge < -0.3 is 20.5 Å². The van der Waals surface area contributed by atoms with Crippen LogP contribution in [0, 0.1) is 5.92 Å². The third kappa shape index (κ3) is 6.04. The number of amides is 2. The van der Waals surface area contributed by atoms with Gasteiger partial charge in [-0.15, -0.1) is 0 Å². The van der Waals surface area contributed by atoms with Gasteiger partial charge in [0.1, 0.15) is 5.75 Å². The van der Waals surface area contributed by atoms with E-state index in [9.17, 15) is 4.79 Å². The Kier molecular flexibility index (Phi) is 7.02. The minimum absolute atomic E-state index is 0.0158. The van der Waals surface area contributed by atoms with Crippen LogP contribution in [0.5, 0.6) is 5.75 Å². The summed E-state index contributed by atoms with van der Waals surface area (Å²) < 4.78 is 5.68. The van der Waals surface area contributed by atoms with Gasteiger partial charge in [-0.1, -0.05) is 13.8 Å². The lowest BCUT2D eigenvalue weighted by Gasteiger charge is -2.19. The van der Waals surface area contributed by atoms with E-state index in [1.807, 2.05) is 32.9 Å². The molecule has 0 aliphatic rings. The number of benzene rings is 1. The molecule has 5 heteroatoms. The number of nitrogens with one attached hydrogen (secondary N) is 2. The summed E-state index contributed by atoms with van der Waals surface area (Å²) in [5.41, 5.74) is 0.702. The summed E-state index contributed by atoms with van der Waals surface area (Å²) in [6.07, 6.45) is 1.12. The molecule has 1 aromatic carbocycles. The first-order chi connectivity index (χ1) is 9.96. The smallest absolute Gasteiger partial charge is 0.319 e. The van der Waals surface area contributed by atoms with E-state index in [0.29, 0.717) is 5.69 Å². The van der Waals surface area contributed by atoms with E-state index in [-0.39, 0.29) is 30.7 Å². The molecule has 0 unspecified atom stereocenters. The molecule has 5 nitrogen and oxygen atoms in total. The predicted octanol–water partition coefficient (Wildman–Crippen LogP) is 3.00. The van der Waals surface area contributed by atoms with Crippen LogP contribution in [-0.2, 0) is 0 Å². The molecule has 0 spiro atoms. The second kappa shape index (κ2) is 8.52. The zero-order valence-electron chi connectivity index (χ0n) is 13.2. The highest BCUT2D eigenvalue weighted by atomic mass is 16.5. The lowest BCUT2D eigenvalue weighted by Crippen LogP contribution is -2.40. The van der Waals surface area contributed by atoms with E-state index in [1.165, 1.54) is 0 Å². The van der Waals surface area contributed by atoms with Crippen LogP contribution < -0.4 is 15.4 Å². The molecule has 118 valence electrons. The zero-order valence-corrected chi connectivity index (χ0v) is 13.2. The molecule has 0 heterocycles. The van der Waals surface area contributed by atoms with E-state index in [2.05, 4.69) is 17.6 Å². The van der Waals surface area contributed by atoms with Crippen LogP contribution in [0.1, 0.15) is 34.1 Å². The van der Waals surface area contributed by atoms with Gasteiger partial charge in [0, 0.05) is 18.3 Å². The number of aliphatic hydroxyl groups is 1. The zero-order chi connectivity index (χ0) is 15.8. The van der Waals surface area contributed by atoms with Crippen molar-refractivity contribution in [1.82, 2.24) is 5.32 Å². The molecule has 0 fully saturated rings. The molecular weight excluding hydrogens is 268 g/mol. The minimum Gasteiger partial charge on any atom is -0.491 e. The summed E-state index contributed by atoms with van der Waals surface area (Å²) in [6.45, 7) is 7.88. The minimum atomic E-state index is -0.279. The Balaban J connectivity index is 2.50. The number of hydrogen-bond donors (Lipinski definition) is 3. The second-order valence-corrected chi connectivity index (χ2v) is 5.41. The van der Waals surface area contributed by atoms with Crippen molar-refractivity contribution in [1.29, 1.82) is 0 Å². The summed E-state index contributed by atoms with van der Waals surface area (Å²) in [5, 5.41) is 14.6.